The fraction of sp³-hybridized carbons (Fsp3) is 0.259. The first-order chi connectivity index (χ1) is 17.4. The quantitative estimate of drug-likeness (QED) is 0.525. The summed E-state index contributed by atoms with van der Waals surface area (Å²) in [6.45, 7) is 4.83. The number of aryl methyl sites for hydroxylation is 2. The molecule has 0 bridgehead atoms. The van der Waals surface area contributed by atoms with E-state index in [0.717, 1.165) is 24.3 Å². The number of allylic oxidation sites excluding steroid dienone is 1. The molecule has 0 radical (unpaired) electrons. The minimum absolute atomic E-state index is 0.0171. The van der Waals surface area contributed by atoms with Crippen molar-refractivity contribution in [3.8, 4) is 6.07 Å². The number of nitrogens with zero attached hydrogens (tertiary/aromatic N) is 4. The predicted octanol–water partition coefficient (Wildman–Crippen LogP) is 3.65. The van der Waals surface area contributed by atoms with Crippen molar-refractivity contribution in [1.29, 1.82) is 5.26 Å². The number of esters is 2. The van der Waals surface area contributed by atoms with Gasteiger partial charge in [0.05, 0.1) is 54.1 Å². The lowest BCUT2D eigenvalue weighted by Crippen LogP contribution is -2.40. The molecule has 1 aromatic heterocycles. The molecule has 0 spiro atoms. The maximum atomic E-state index is 13.2. The Balaban J connectivity index is 2.03. The molecular weight excluding hydrogens is 458 g/mol. The van der Waals surface area contributed by atoms with Gasteiger partial charge in [-0.3, -0.25) is 4.90 Å². The average molecular weight is 486 g/mol. The number of nitriles is 1. The number of imidazole rings is 1. The van der Waals surface area contributed by atoms with Gasteiger partial charge in [-0.2, -0.15) is 5.26 Å². The van der Waals surface area contributed by atoms with Crippen molar-refractivity contribution in [3.05, 3.63) is 82.6 Å². The molecule has 9 heteroatoms. The predicted molar refractivity (Wildman–Crippen MR) is 134 cm³/mol. The number of anilines is 1. The molecular formula is C27H27N5O4. The van der Waals surface area contributed by atoms with Crippen LogP contribution in [0.15, 0.2) is 71.2 Å². The number of carbonyl (C=O) groups excluding carboxylic acids is 2. The molecule has 2 N–H and O–H groups in total. The van der Waals surface area contributed by atoms with Gasteiger partial charge in [-0.25, -0.2) is 14.6 Å². The fourth-order valence-electron chi connectivity index (χ4n) is 4.67. The molecule has 4 rings (SSSR count). The average Bonchev–Trinajstić information content (AvgIpc) is 3.21. The molecule has 1 unspecified atom stereocenters. The van der Waals surface area contributed by atoms with Crippen molar-refractivity contribution in [1.82, 2.24) is 9.55 Å². The summed E-state index contributed by atoms with van der Waals surface area (Å²) in [6.07, 6.45) is 0.944. The highest BCUT2D eigenvalue weighted by Gasteiger charge is 2.43. The lowest BCUT2D eigenvalue weighted by Gasteiger charge is -2.35. The normalized spacial score (nSPS) is 15.8. The van der Waals surface area contributed by atoms with Gasteiger partial charge < -0.3 is 19.8 Å². The van der Waals surface area contributed by atoms with Crippen molar-refractivity contribution in [2.24, 2.45) is 5.73 Å². The second kappa shape index (κ2) is 9.96. The lowest BCUT2D eigenvalue weighted by atomic mass is 9.81. The first-order valence-corrected chi connectivity index (χ1v) is 11.5. The molecule has 0 fully saturated rings. The molecule has 0 saturated carbocycles. The van der Waals surface area contributed by atoms with Crippen molar-refractivity contribution >= 4 is 28.7 Å². The Morgan fingerprint density at radius 2 is 1.81 bits per heavy atom. The summed E-state index contributed by atoms with van der Waals surface area (Å²) in [5, 5.41) is 10.2. The van der Waals surface area contributed by atoms with Gasteiger partial charge in [0.1, 0.15) is 17.3 Å². The highest BCUT2D eigenvalue weighted by atomic mass is 16.5. The largest absolute Gasteiger partial charge is 0.466 e. The van der Waals surface area contributed by atoms with E-state index in [0.29, 0.717) is 16.8 Å². The Morgan fingerprint density at radius 3 is 2.42 bits per heavy atom. The minimum atomic E-state index is -0.913. The summed E-state index contributed by atoms with van der Waals surface area (Å²) in [5.74, 6) is -1.60. The molecule has 0 saturated heterocycles. The van der Waals surface area contributed by atoms with Crippen molar-refractivity contribution in [3.63, 3.8) is 0 Å². The zero-order valence-corrected chi connectivity index (χ0v) is 20.6. The number of rotatable bonds is 6. The van der Waals surface area contributed by atoms with Crippen LogP contribution in [0.1, 0.15) is 30.7 Å². The van der Waals surface area contributed by atoms with Crippen LogP contribution in [-0.4, -0.2) is 35.7 Å². The van der Waals surface area contributed by atoms with Gasteiger partial charge in [0.25, 0.3) is 0 Å². The Hall–Kier alpha value is -4.58. The Morgan fingerprint density at radius 1 is 1.11 bits per heavy atom. The van der Waals surface area contributed by atoms with Gasteiger partial charge in [0, 0.05) is 6.54 Å². The van der Waals surface area contributed by atoms with E-state index < -0.39 is 17.9 Å². The second-order valence-corrected chi connectivity index (χ2v) is 8.32. The number of hydrogen-bond acceptors (Lipinski definition) is 8. The summed E-state index contributed by atoms with van der Waals surface area (Å²) < 4.78 is 12.3. The first kappa shape index (κ1) is 24.5. The molecule has 1 aliphatic heterocycles. The van der Waals surface area contributed by atoms with Crippen molar-refractivity contribution in [2.75, 3.05) is 19.1 Å². The Kier molecular flexibility index (Phi) is 6.79. The van der Waals surface area contributed by atoms with Crippen LogP contribution < -0.4 is 10.6 Å². The number of methoxy groups -OCH3 is 2. The van der Waals surface area contributed by atoms with E-state index in [4.69, 9.17) is 15.2 Å². The van der Waals surface area contributed by atoms with Gasteiger partial charge in [0.15, 0.2) is 0 Å². The van der Waals surface area contributed by atoms with E-state index in [9.17, 15) is 14.9 Å². The van der Waals surface area contributed by atoms with Crippen LogP contribution in [-0.2, 0) is 25.6 Å². The standard InChI is InChI=1S/C27H27N5O4/c1-5-13-31-16(2)30-20-14-18(11-12-21(20)31)32-24(27(34)36-4)23(26(33)35-3)22(19(15-28)25(32)29)17-9-7-6-8-10-17/h6-12,14,22H,5,13,29H2,1-4H3. The third-order valence-electron chi connectivity index (χ3n) is 6.24. The zero-order chi connectivity index (χ0) is 26.0. The summed E-state index contributed by atoms with van der Waals surface area (Å²) in [7, 11) is 2.44. The Bertz CT molecular complexity index is 1450. The van der Waals surface area contributed by atoms with Gasteiger partial charge in [-0.15, -0.1) is 0 Å². The van der Waals surface area contributed by atoms with E-state index in [1.54, 1.807) is 36.4 Å². The topological polar surface area (TPSA) is 123 Å². The number of benzene rings is 2. The van der Waals surface area contributed by atoms with Gasteiger partial charge >= 0.3 is 11.9 Å². The molecule has 0 amide bonds. The molecule has 2 aromatic carbocycles. The SMILES string of the molecule is CCCn1c(C)nc2cc(N3C(N)=C(C#N)C(c4ccccc4)C(C(=O)OC)=C3C(=O)OC)ccc21. The van der Waals surface area contributed by atoms with Crippen molar-refractivity contribution in [2.45, 2.75) is 32.7 Å². The smallest absolute Gasteiger partial charge is 0.355 e. The van der Waals surface area contributed by atoms with Crippen molar-refractivity contribution < 1.29 is 19.1 Å². The first-order valence-electron chi connectivity index (χ1n) is 11.5. The number of nitrogens with two attached hydrogens (primary N) is 1. The summed E-state index contributed by atoms with van der Waals surface area (Å²) in [6, 6.07) is 16.5. The number of carbonyl (C=O) groups is 2. The van der Waals surface area contributed by atoms with Gasteiger partial charge in [-0.05, 0) is 37.1 Å². The Labute approximate surface area is 209 Å². The highest BCUT2D eigenvalue weighted by molar-refractivity contribution is 6.06. The molecule has 2 heterocycles. The molecule has 1 aliphatic rings. The van der Waals surface area contributed by atoms with Crippen LogP contribution in [0.2, 0.25) is 0 Å². The summed E-state index contributed by atoms with van der Waals surface area (Å²) in [5.41, 5.74) is 9.23. The van der Waals surface area contributed by atoms with Crippen LogP contribution >= 0.6 is 0 Å². The molecule has 3 aromatic rings. The molecule has 184 valence electrons. The highest BCUT2D eigenvalue weighted by Crippen LogP contribution is 2.43. The third kappa shape index (κ3) is 3.96. The third-order valence-corrected chi connectivity index (χ3v) is 6.24. The number of fused-ring (bicyclic) bond motifs is 1. The van der Waals surface area contributed by atoms with E-state index in [1.165, 1.54) is 19.1 Å². The van der Waals surface area contributed by atoms with Crippen LogP contribution in [0.3, 0.4) is 0 Å². The molecule has 36 heavy (non-hydrogen) atoms. The summed E-state index contributed by atoms with van der Waals surface area (Å²) >= 11 is 0. The maximum absolute atomic E-state index is 13.2. The second-order valence-electron chi connectivity index (χ2n) is 8.32. The fourth-order valence-corrected chi connectivity index (χ4v) is 4.67. The number of ether oxygens (including phenoxy) is 2. The van der Waals surface area contributed by atoms with E-state index >= 15 is 0 Å². The van der Waals surface area contributed by atoms with Gasteiger partial charge in [0.2, 0.25) is 0 Å². The summed E-state index contributed by atoms with van der Waals surface area (Å²) in [4.78, 5) is 32.4. The van der Waals surface area contributed by atoms with E-state index in [2.05, 4.69) is 22.5 Å². The van der Waals surface area contributed by atoms with E-state index in [1.807, 2.05) is 19.1 Å². The van der Waals surface area contributed by atoms with Crippen LogP contribution in [0.5, 0.6) is 0 Å². The number of hydrogen-bond donors (Lipinski definition) is 1. The van der Waals surface area contributed by atoms with E-state index in [-0.39, 0.29) is 22.7 Å². The molecule has 1 atom stereocenters. The van der Waals surface area contributed by atoms with Gasteiger partial charge in [-0.1, -0.05) is 37.3 Å². The molecule has 0 aliphatic carbocycles. The zero-order valence-electron chi connectivity index (χ0n) is 20.6. The number of aromatic nitrogens is 2. The molecule has 9 nitrogen and oxygen atoms in total. The van der Waals surface area contributed by atoms with Crippen LogP contribution in [0.25, 0.3) is 11.0 Å². The minimum Gasteiger partial charge on any atom is -0.466 e. The van der Waals surface area contributed by atoms with Crippen LogP contribution in [0.4, 0.5) is 5.69 Å². The van der Waals surface area contributed by atoms with Crippen LogP contribution in [0, 0.1) is 18.3 Å². The lowest BCUT2D eigenvalue weighted by molar-refractivity contribution is -0.139. The monoisotopic (exact) mass is 485 g/mol. The maximum Gasteiger partial charge on any atom is 0.355 e.